The van der Waals surface area contributed by atoms with Gasteiger partial charge in [0.05, 0.1) is 23.1 Å². The number of hydrogen-bond acceptors (Lipinski definition) is 5. The van der Waals surface area contributed by atoms with Crippen LogP contribution in [0.4, 0.5) is 0 Å². The molecule has 1 aliphatic carbocycles. The molecule has 1 saturated carbocycles. The highest BCUT2D eigenvalue weighted by Gasteiger charge is 2.24. The summed E-state index contributed by atoms with van der Waals surface area (Å²) >= 11 is 0. The van der Waals surface area contributed by atoms with Gasteiger partial charge in [-0.25, -0.2) is 4.98 Å². The molecular formula is C30H27N7. The van der Waals surface area contributed by atoms with E-state index in [1.165, 1.54) is 12.8 Å². The topological polar surface area (TPSA) is 95.2 Å². The van der Waals surface area contributed by atoms with Gasteiger partial charge in [-0.05, 0) is 61.6 Å². The Morgan fingerprint density at radius 1 is 1.11 bits per heavy atom. The number of allylic oxidation sites excluding steroid dienone is 5. The average molecular weight is 486 g/mol. The van der Waals surface area contributed by atoms with Gasteiger partial charge in [-0.1, -0.05) is 25.3 Å². The van der Waals surface area contributed by atoms with Gasteiger partial charge in [0.1, 0.15) is 0 Å². The molecule has 7 nitrogen and oxygen atoms in total. The van der Waals surface area contributed by atoms with E-state index in [4.69, 9.17) is 0 Å². The fourth-order valence-corrected chi connectivity index (χ4v) is 4.57. The number of aromatic amines is 2. The summed E-state index contributed by atoms with van der Waals surface area (Å²) in [6.07, 6.45) is 17.6. The molecular weight excluding hydrogens is 458 g/mol. The zero-order valence-corrected chi connectivity index (χ0v) is 20.6. The molecule has 0 unspecified atom stereocenters. The number of pyridine rings is 3. The highest BCUT2D eigenvalue weighted by Crippen LogP contribution is 2.35. The summed E-state index contributed by atoms with van der Waals surface area (Å²) in [5.41, 5.74) is 9.43. The summed E-state index contributed by atoms with van der Waals surface area (Å²) in [4.78, 5) is 16.8. The number of aromatic nitrogens is 6. The molecule has 6 rings (SSSR count). The van der Waals surface area contributed by atoms with Crippen molar-refractivity contribution >= 4 is 27.5 Å². The average Bonchev–Trinajstić information content (AvgIpc) is 3.57. The van der Waals surface area contributed by atoms with Gasteiger partial charge in [0.2, 0.25) is 0 Å². The van der Waals surface area contributed by atoms with Gasteiger partial charge < -0.3 is 10.3 Å². The van der Waals surface area contributed by atoms with E-state index in [2.05, 4.69) is 72.9 Å². The molecule has 5 aromatic heterocycles. The number of fused-ring (bicyclic) bond motifs is 2. The number of H-pyrrole nitrogens is 2. The Labute approximate surface area is 214 Å². The summed E-state index contributed by atoms with van der Waals surface area (Å²) in [5.74, 6) is 0.564. The first-order chi connectivity index (χ1) is 18.1. The summed E-state index contributed by atoms with van der Waals surface area (Å²) in [6, 6.07) is 8.21. The Morgan fingerprint density at radius 3 is 2.76 bits per heavy atom. The van der Waals surface area contributed by atoms with E-state index in [0.717, 1.165) is 61.3 Å². The molecule has 0 radical (unpaired) electrons. The summed E-state index contributed by atoms with van der Waals surface area (Å²) in [6.45, 7) is 10.2. The third-order valence-corrected chi connectivity index (χ3v) is 6.75. The van der Waals surface area contributed by atoms with Crippen molar-refractivity contribution in [3.05, 3.63) is 104 Å². The zero-order chi connectivity index (χ0) is 25.4. The van der Waals surface area contributed by atoms with Crippen LogP contribution in [0.3, 0.4) is 0 Å². The summed E-state index contributed by atoms with van der Waals surface area (Å²) < 4.78 is 0. The first kappa shape index (κ1) is 22.7. The van der Waals surface area contributed by atoms with Crippen molar-refractivity contribution in [1.29, 1.82) is 0 Å². The molecule has 0 amide bonds. The molecule has 5 heterocycles. The minimum Gasteiger partial charge on any atom is -0.359 e. The lowest BCUT2D eigenvalue weighted by molar-refractivity contribution is 0.865. The molecule has 0 aromatic carbocycles. The van der Waals surface area contributed by atoms with Crippen LogP contribution in [-0.4, -0.2) is 30.1 Å². The van der Waals surface area contributed by atoms with Crippen LogP contribution >= 0.6 is 0 Å². The molecule has 182 valence electrons. The molecule has 3 N–H and O–H groups in total. The van der Waals surface area contributed by atoms with E-state index < -0.39 is 0 Å². The van der Waals surface area contributed by atoms with E-state index in [1.807, 2.05) is 49.9 Å². The number of hydrogen-bond donors (Lipinski definition) is 3. The van der Waals surface area contributed by atoms with Gasteiger partial charge in [-0.3, -0.25) is 15.1 Å². The van der Waals surface area contributed by atoms with Gasteiger partial charge in [0.25, 0.3) is 0 Å². The second-order valence-corrected chi connectivity index (χ2v) is 9.24. The molecule has 1 aliphatic rings. The second-order valence-electron chi connectivity index (χ2n) is 9.24. The first-order valence-electron chi connectivity index (χ1n) is 12.3. The van der Waals surface area contributed by atoms with E-state index in [-0.39, 0.29) is 0 Å². The molecule has 0 atom stereocenters. The minimum atomic E-state index is 0.564. The van der Waals surface area contributed by atoms with Crippen molar-refractivity contribution in [3.63, 3.8) is 0 Å². The van der Waals surface area contributed by atoms with Gasteiger partial charge in [-0.15, -0.1) is 0 Å². The minimum absolute atomic E-state index is 0.564. The SMILES string of the molecule is C=C/C(=C\C(=C/C)c1cnc2n[nH]c(-c3cc4c(-c5cccnc5)cncc4[nH]3)c2c1)NC(=C)C1CC1. The van der Waals surface area contributed by atoms with Crippen molar-refractivity contribution in [1.82, 2.24) is 35.5 Å². The Hall–Kier alpha value is -4.78. The Morgan fingerprint density at radius 2 is 2.00 bits per heavy atom. The van der Waals surface area contributed by atoms with Gasteiger partial charge in [-0.2, -0.15) is 5.10 Å². The third kappa shape index (κ3) is 4.36. The van der Waals surface area contributed by atoms with Gasteiger partial charge in [0, 0.05) is 63.6 Å². The summed E-state index contributed by atoms with van der Waals surface area (Å²) in [7, 11) is 0. The van der Waals surface area contributed by atoms with Gasteiger partial charge >= 0.3 is 0 Å². The van der Waals surface area contributed by atoms with Crippen LogP contribution in [0, 0.1) is 5.92 Å². The normalized spacial score (nSPS) is 14.3. The maximum absolute atomic E-state index is 4.64. The monoisotopic (exact) mass is 485 g/mol. The Bertz CT molecular complexity index is 1700. The van der Waals surface area contributed by atoms with Crippen LogP contribution in [0.15, 0.2) is 98.0 Å². The smallest absolute Gasteiger partial charge is 0.181 e. The van der Waals surface area contributed by atoms with Crippen molar-refractivity contribution in [2.45, 2.75) is 19.8 Å². The molecule has 0 bridgehead atoms. The molecule has 7 heteroatoms. The highest BCUT2D eigenvalue weighted by atomic mass is 15.2. The molecule has 0 spiro atoms. The lowest BCUT2D eigenvalue weighted by Gasteiger charge is -2.11. The van der Waals surface area contributed by atoms with Crippen LogP contribution in [0.25, 0.3) is 50.0 Å². The van der Waals surface area contributed by atoms with Crippen molar-refractivity contribution in [3.8, 4) is 22.5 Å². The standard InChI is InChI=1S/C30H27N7/c1-4-19(11-23(5-2)34-18(3)20-8-9-20)22-12-25-29(36-37-30(25)33-15-22)27-13-24-26(16-32-17-28(24)35-27)21-7-6-10-31-14-21/h4-7,10-17,20,34-35H,2-3,8-9H2,1H3,(H,33,36,37)/b19-4+,23-11+. The molecule has 0 saturated heterocycles. The van der Waals surface area contributed by atoms with E-state index in [9.17, 15) is 0 Å². The molecule has 5 aromatic rings. The molecule has 0 aliphatic heterocycles. The molecule has 37 heavy (non-hydrogen) atoms. The largest absolute Gasteiger partial charge is 0.359 e. The van der Waals surface area contributed by atoms with E-state index in [1.54, 1.807) is 6.20 Å². The van der Waals surface area contributed by atoms with Crippen LogP contribution in [0.1, 0.15) is 25.3 Å². The lowest BCUT2D eigenvalue weighted by Crippen LogP contribution is -2.11. The Kier molecular flexibility index (Phi) is 5.73. The fourth-order valence-electron chi connectivity index (χ4n) is 4.57. The summed E-state index contributed by atoms with van der Waals surface area (Å²) in [5, 5.41) is 13.1. The van der Waals surface area contributed by atoms with Crippen molar-refractivity contribution in [2.75, 3.05) is 0 Å². The quantitative estimate of drug-likeness (QED) is 0.217. The Balaban J connectivity index is 1.39. The van der Waals surface area contributed by atoms with Crippen LogP contribution < -0.4 is 5.32 Å². The fraction of sp³-hybridized carbons (Fsp3) is 0.133. The van der Waals surface area contributed by atoms with Crippen LogP contribution in [0.2, 0.25) is 0 Å². The number of nitrogens with zero attached hydrogens (tertiary/aromatic N) is 4. The predicted molar refractivity (Wildman–Crippen MR) is 149 cm³/mol. The maximum atomic E-state index is 4.64. The predicted octanol–water partition coefficient (Wildman–Crippen LogP) is 6.55. The van der Waals surface area contributed by atoms with E-state index in [0.29, 0.717) is 11.6 Å². The van der Waals surface area contributed by atoms with Crippen molar-refractivity contribution in [2.24, 2.45) is 5.92 Å². The molecule has 1 fully saturated rings. The van der Waals surface area contributed by atoms with E-state index >= 15 is 0 Å². The lowest BCUT2D eigenvalue weighted by atomic mass is 10.0. The number of rotatable bonds is 8. The second kappa shape index (κ2) is 9.35. The maximum Gasteiger partial charge on any atom is 0.181 e. The van der Waals surface area contributed by atoms with Crippen molar-refractivity contribution < 1.29 is 0 Å². The highest BCUT2D eigenvalue weighted by molar-refractivity contribution is 6.00. The zero-order valence-electron chi connectivity index (χ0n) is 20.6. The van der Waals surface area contributed by atoms with Crippen LogP contribution in [-0.2, 0) is 0 Å². The first-order valence-corrected chi connectivity index (χ1v) is 12.3. The number of nitrogens with one attached hydrogen (secondary N) is 3. The van der Waals surface area contributed by atoms with Crippen LogP contribution in [0.5, 0.6) is 0 Å². The third-order valence-electron chi connectivity index (χ3n) is 6.75. The van der Waals surface area contributed by atoms with Gasteiger partial charge in [0.15, 0.2) is 5.65 Å².